The van der Waals surface area contributed by atoms with Crippen LogP contribution in [-0.2, 0) is 22.6 Å². The van der Waals surface area contributed by atoms with E-state index in [0.29, 0.717) is 25.3 Å². The molecule has 6 aliphatic heterocycles. The van der Waals surface area contributed by atoms with E-state index >= 15 is 0 Å². The first-order chi connectivity index (χ1) is 30.4. The number of fused-ring (bicyclic) bond motifs is 9. The van der Waals surface area contributed by atoms with Crippen molar-refractivity contribution in [2.75, 3.05) is 39.4 Å². The maximum absolute atomic E-state index is 6.92. The van der Waals surface area contributed by atoms with E-state index in [1.165, 1.54) is 109 Å². The second-order valence-electron chi connectivity index (χ2n) is 19.5. The summed E-state index contributed by atoms with van der Waals surface area (Å²) in [4.78, 5) is 9.51. The molecule has 6 aromatic rings. The number of para-hydroxylation sites is 2. The Morgan fingerprint density at radius 3 is 1.50 bits per heavy atom. The van der Waals surface area contributed by atoms with Gasteiger partial charge in [0.05, 0.1) is 50.4 Å². The van der Waals surface area contributed by atoms with Gasteiger partial charge in [-0.3, -0.25) is 9.97 Å². The standard InChI is InChI=1S/C56H66N4O2.2BrH/c1-5-29-61-55(49-21-25-57-51-15-11-9-13-47(49)51)53-33-44-23-27-59(53,37-41(44)7-3)35-39-17-19-43-20-18-40(32-46(43)31-39)36-60-28-24-45(42(8-4)38-60)34-54(60)56(62-30-6-2)50-22-26-58-52-16-12-10-14-48(50)52;;/h5-6,9-22,25-26,31-32,41-42,44-45,53-56H,1-2,7-8,23-24,27-30,33-38H2,3-4H3;2*1H/q+2;;/p-2/t41-,42+,44-,45+,53-,54-,55+,56+,59?,60?;;/m0../s1. The highest BCUT2D eigenvalue weighted by Crippen LogP contribution is 2.51. The molecule has 2 aromatic heterocycles. The Hall–Kier alpha value is -3.76. The Balaban J connectivity index is 0.00000280. The molecule has 0 aliphatic carbocycles. The van der Waals surface area contributed by atoms with E-state index < -0.39 is 0 Å². The van der Waals surface area contributed by atoms with E-state index in [0.717, 1.165) is 56.8 Å². The SMILES string of the molecule is C=CCO[C@H](c1ccnc2ccccc12)[C@@H]1C[C@H]2CC[N+]1(Cc1ccc3ccc(C[N+]45CC[C@@H](C[C@H]4[C@H](OCC=C)c4ccnc6ccccc46)[C@@H](CC)C5)cc3c1)C[C@H]2CC.[Br-].[Br-]. The van der Waals surface area contributed by atoms with Crippen LogP contribution in [0.15, 0.2) is 135 Å². The molecule has 6 fully saturated rings. The van der Waals surface area contributed by atoms with E-state index in [-0.39, 0.29) is 46.2 Å². The van der Waals surface area contributed by atoms with Gasteiger partial charge in [0.2, 0.25) is 0 Å². The van der Waals surface area contributed by atoms with E-state index in [2.05, 4.69) is 124 Å². The van der Waals surface area contributed by atoms with Crippen LogP contribution in [0.25, 0.3) is 32.6 Å². The summed E-state index contributed by atoms with van der Waals surface area (Å²) < 4.78 is 16.0. The number of quaternary nitrogens is 2. The van der Waals surface area contributed by atoms with Crippen LogP contribution in [0.3, 0.4) is 0 Å². The van der Waals surface area contributed by atoms with Gasteiger partial charge in [-0.15, -0.1) is 13.2 Å². The van der Waals surface area contributed by atoms with Crippen LogP contribution < -0.4 is 34.0 Å². The maximum atomic E-state index is 6.92. The molecule has 6 nitrogen and oxygen atoms in total. The van der Waals surface area contributed by atoms with Crippen molar-refractivity contribution >= 4 is 32.6 Å². The van der Waals surface area contributed by atoms with Crippen molar-refractivity contribution in [3.8, 4) is 0 Å². The molecule has 0 amide bonds. The highest BCUT2D eigenvalue weighted by atomic mass is 79.9. The van der Waals surface area contributed by atoms with E-state index in [9.17, 15) is 0 Å². The van der Waals surface area contributed by atoms with Crippen molar-refractivity contribution in [1.82, 2.24) is 9.97 Å². The molecule has 336 valence electrons. The Morgan fingerprint density at radius 1 is 0.609 bits per heavy atom. The lowest BCUT2D eigenvalue weighted by Gasteiger charge is -2.59. The number of benzene rings is 4. The normalized spacial score (nSPS) is 28.0. The summed E-state index contributed by atoms with van der Waals surface area (Å²) in [5.41, 5.74) is 7.51. The molecule has 0 spiro atoms. The van der Waals surface area contributed by atoms with Crippen LogP contribution in [0.1, 0.15) is 86.8 Å². The number of halogens is 2. The van der Waals surface area contributed by atoms with Crippen LogP contribution in [0.5, 0.6) is 0 Å². The topological polar surface area (TPSA) is 44.2 Å². The third-order valence-corrected chi connectivity index (χ3v) is 16.4. The van der Waals surface area contributed by atoms with Gasteiger partial charge in [0.15, 0.2) is 0 Å². The Kier molecular flexibility index (Phi) is 14.6. The second kappa shape index (κ2) is 20.0. The van der Waals surface area contributed by atoms with Crippen molar-refractivity contribution in [1.29, 1.82) is 0 Å². The van der Waals surface area contributed by atoms with Gasteiger partial charge in [-0.2, -0.15) is 0 Å². The fraction of sp³-hybridized carbons (Fsp3) is 0.429. The number of piperidine rings is 6. The van der Waals surface area contributed by atoms with Crippen LogP contribution in [-0.4, -0.2) is 70.4 Å². The minimum Gasteiger partial charge on any atom is -1.00 e. The zero-order valence-electron chi connectivity index (χ0n) is 37.8. The van der Waals surface area contributed by atoms with Gasteiger partial charge < -0.3 is 52.4 Å². The molecule has 8 heteroatoms. The Bertz CT molecular complexity index is 2400. The monoisotopic (exact) mass is 984 g/mol. The molecule has 12 rings (SSSR count). The zero-order chi connectivity index (χ0) is 42.3. The third-order valence-electron chi connectivity index (χ3n) is 16.4. The molecule has 2 unspecified atom stereocenters. The molecule has 0 N–H and O–H groups in total. The van der Waals surface area contributed by atoms with E-state index in [1.54, 1.807) is 0 Å². The average Bonchev–Trinajstić information content (AvgIpc) is 3.32. The molecule has 4 aromatic carbocycles. The van der Waals surface area contributed by atoms with Crippen molar-refractivity contribution in [3.63, 3.8) is 0 Å². The largest absolute Gasteiger partial charge is 1.00 e. The first-order valence-electron chi connectivity index (χ1n) is 23.8. The predicted octanol–water partition coefficient (Wildman–Crippen LogP) is 6.10. The molecule has 10 atom stereocenters. The number of nitrogens with zero attached hydrogens (tertiary/aromatic N) is 4. The number of hydrogen-bond acceptors (Lipinski definition) is 4. The zero-order valence-corrected chi connectivity index (χ0v) is 41.0. The van der Waals surface area contributed by atoms with Gasteiger partial charge in [-0.25, -0.2) is 0 Å². The highest BCUT2D eigenvalue weighted by molar-refractivity contribution is 5.84. The minimum atomic E-state index is -0.0273. The predicted molar refractivity (Wildman–Crippen MR) is 253 cm³/mol. The van der Waals surface area contributed by atoms with Gasteiger partial charge in [-0.1, -0.05) is 86.7 Å². The fourth-order valence-corrected chi connectivity index (χ4v) is 13.5. The first kappa shape index (κ1) is 46.8. The number of pyridine rings is 2. The van der Waals surface area contributed by atoms with Crippen LogP contribution in [0, 0.1) is 23.7 Å². The fourth-order valence-electron chi connectivity index (χ4n) is 13.5. The van der Waals surface area contributed by atoms with Crippen LogP contribution in [0.2, 0.25) is 0 Å². The van der Waals surface area contributed by atoms with Gasteiger partial charge in [0, 0.05) is 71.8 Å². The molecule has 0 saturated carbocycles. The lowest BCUT2D eigenvalue weighted by atomic mass is 9.70. The quantitative estimate of drug-likeness (QED) is 0.0870. The lowest BCUT2D eigenvalue weighted by Crippen LogP contribution is -3.00. The number of ether oxygens (including phenoxy) is 2. The van der Waals surface area contributed by atoms with Gasteiger partial charge in [0.25, 0.3) is 0 Å². The van der Waals surface area contributed by atoms with Gasteiger partial charge in [-0.05, 0) is 83.0 Å². The lowest BCUT2D eigenvalue weighted by molar-refractivity contribution is -0.986. The summed E-state index contributed by atoms with van der Waals surface area (Å²) in [5, 5.41) is 5.10. The van der Waals surface area contributed by atoms with Gasteiger partial charge >= 0.3 is 0 Å². The van der Waals surface area contributed by atoms with Crippen molar-refractivity contribution in [3.05, 3.63) is 157 Å². The van der Waals surface area contributed by atoms with Crippen LogP contribution in [0.4, 0.5) is 0 Å². The maximum Gasteiger partial charge on any atom is 0.135 e. The summed E-state index contributed by atoms with van der Waals surface area (Å²) in [7, 11) is 0. The molecular formula is C56H66Br2N4O2. The average molecular weight is 987 g/mol. The number of rotatable bonds is 16. The first-order valence-corrected chi connectivity index (χ1v) is 23.8. The third kappa shape index (κ3) is 8.68. The molecule has 6 aliphatic rings. The Labute approximate surface area is 402 Å². The van der Waals surface area contributed by atoms with Gasteiger partial charge in [0.1, 0.15) is 37.4 Å². The molecule has 8 heterocycles. The second-order valence-corrected chi connectivity index (χ2v) is 19.5. The van der Waals surface area contributed by atoms with Crippen LogP contribution >= 0.6 is 0 Å². The number of aromatic nitrogens is 2. The van der Waals surface area contributed by atoms with E-state index in [1.807, 2.05) is 24.5 Å². The smallest absolute Gasteiger partial charge is 0.135 e. The number of hydrogen-bond donors (Lipinski definition) is 0. The summed E-state index contributed by atoms with van der Waals surface area (Å²) in [5.74, 6) is 2.98. The van der Waals surface area contributed by atoms with Crippen molar-refractivity contribution < 1.29 is 52.4 Å². The van der Waals surface area contributed by atoms with Crippen molar-refractivity contribution in [2.24, 2.45) is 23.7 Å². The molecule has 6 saturated heterocycles. The molecular weight excluding hydrogens is 920 g/mol. The Morgan fingerprint density at radius 2 is 1.06 bits per heavy atom. The van der Waals surface area contributed by atoms with E-state index in [4.69, 9.17) is 19.4 Å². The summed E-state index contributed by atoms with van der Waals surface area (Å²) in [6, 6.07) is 37.1. The molecule has 0 radical (unpaired) electrons. The highest BCUT2D eigenvalue weighted by Gasteiger charge is 2.56. The molecule has 64 heavy (non-hydrogen) atoms. The summed E-state index contributed by atoms with van der Waals surface area (Å²) in [6.45, 7) is 20.9. The summed E-state index contributed by atoms with van der Waals surface area (Å²) in [6.07, 6.45) is 15.2. The molecule has 4 bridgehead atoms. The summed E-state index contributed by atoms with van der Waals surface area (Å²) >= 11 is 0. The van der Waals surface area contributed by atoms with Crippen molar-refractivity contribution in [2.45, 2.75) is 89.8 Å². The minimum absolute atomic E-state index is 0.